The van der Waals surface area contributed by atoms with Gasteiger partial charge in [-0.2, -0.15) is 5.10 Å². The number of hydrogen-bond donors (Lipinski definition) is 0. The second-order valence-corrected chi connectivity index (χ2v) is 7.62. The Hall–Kier alpha value is -3.12. The van der Waals surface area contributed by atoms with Gasteiger partial charge >= 0.3 is 0 Å². The van der Waals surface area contributed by atoms with Crippen molar-refractivity contribution in [3.05, 3.63) is 88.0 Å². The van der Waals surface area contributed by atoms with Gasteiger partial charge in [-0.25, -0.2) is 4.68 Å². The molecule has 27 heavy (non-hydrogen) atoms. The average molecular weight is 374 g/mol. The normalized spacial score (nSPS) is 13.1. The summed E-state index contributed by atoms with van der Waals surface area (Å²) >= 11 is 1.48. The lowest BCUT2D eigenvalue weighted by Gasteiger charge is -2.17. The number of thiophene rings is 1. The largest absolute Gasteiger partial charge is 0.327 e. The van der Waals surface area contributed by atoms with Crippen LogP contribution in [0, 0.1) is 6.92 Å². The number of aryl methyl sites for hydroxylation is 1. The van der Waals surface area contributed by atoms with E-state index in [1.807, 2.05) is 63.8 Å². The number of carbonyl (C=O) groups is 1. The number of rotatable bonds is 3. The van der Waals surface area contributed by atoms with Crippen molar-refractivity contribution in [3.63, 3.8) is 0 Å². The van der Waals surface area contributed by atoms with Crippen LogP contribution in [0.5, 0.6) is 0 Å². The van der Waals surface area contributed by atoms with Gasteiger partial charge in [0.25, 0.3) is 5.91 Å². The van der Waals surface area contributed by atoms with Crippen LogP contribution in [-0.4, -0.2) is 25.2 Å². The van der Waals surface area contributed by atoms with Crippen LogP contribution in [0.25, 0.3) is 11.5 Å². The number of carbonyl (C=O) groups excluding carboxylic acids is 1. The van der Waals surface area contributed by atoms with Crippen molar-refractivity contribution in [3.8, 4) is 11.5 Å². The third-order valence-corrected chi connectivity index (χ3v) is 5.80. The first-order valence-electron chi connectivity index (χ1n) is 8.85. The van der Waals surface area contributed by atoms with Crippen LogP contribution < -0.4 is 0 Å². The third-order valence-electron chi connectivity index (χ3n) is 4.94. The lowest BCUT2D eigenvalue weighted by atomic mass is 10.2. The Morgan fingerprint density at radius 3 is 2.59 bits per heavy atom. The van der Waals surface area contributed by atoms with Gasteiger partial charge in [0, 0.05) is 18.0 Å². The highest BCUT2D eigenvalue weighted by molar-refractivity contribution is 7.12. The number of fused-ring (bicyclic) bond motifs is 1. The Morgan fingerprint density at radius 1 is 1.04 bits per heavy atom. The van der Waals surface area contributed by atoms with Crippen LogP contribution in [0.2, 0.25) is 0 Å². The molecule has 5 nitrogen and oxygen atoms in total. The molecule has 3 aromatic heterocycles. The summed E-state index contributed by atoms with van der Waals surface area (Å²) in [6.45, 7) is 3.21. The smallest absolute Gasteiger partial charge is 0.264 e. The lowest BCUT2D eigenvalue weighted by Crippen LogP contribution is -2.25. The molecular formula is C21H18N4OS. The molecule has 0 aliphatic carbocycles. The highest BCUT2D eigenvalue weighted by Gasteiger charge is 2.32. The minimum Gasteiger partial charge on any atom is -0.327 e. The Labute approximate surface area is 161 Å². The van der Waals surface area contributed by atoms with Gasteiger partial charge in [0.15, 0.2) is 0 Å². The predicted octanol–water partition coefficient (Wildman–Crippen LogP) is 4.19. The molecule has 1 aromatic carbocycles. The quantitative estimate of drug-likeness (QED) is 0.540. The lowest BCUT2D eigenvalue weighted by molar-refractivity contribution is 0.0754. The number of aromatic nitrogens is 3. The maximum absolute atomic E-state index is 12.8. The summed E-state index contributed by atoms with van der Waals surface area (Å²) in [5.74, 6) is 1.08. The highest BCUT2D eigenvalue weighted by Crippen LogP contribution is 2.32. The molecule has 0 N–H and O–H groups in total. The van der Waals surface area contributed by atoms with Crippen molar-refractivity contribution in [1.82, 2.24) is 19.2 Å². The Bertz CT molecular complexity index is 1110. The molecule has 0 radical (unpaired) electrons. The highest BCUT2D eigenvalue weighted by atomic mass is 32.1. The molecule has 0 saturated carbocycles. The fourth-order valence-electron chi connectivity index (χ4n) is 3.61. The predicted molar refractivity (Wildman–Crippen MR) is 106 cm³/mol. The molecule has 1 amide bonds. The van der Waals surface area contributed by atoms with Crippen molar-refractivity contribution < 1.29 is 4.79 Å². The second-order valence-electron chi connectivity index (χ2n) is 6.68. The van der Waals surface area contributed by atoms with Gasteiger partial charge in [0.05, 0.1) is 29.3 Å². The van der Waals surface area contributed by atoms with E-state index in [9.17, 15) is 4.79 Å². The summed E-state index contributed by atoms with van der Waals surface area (Å²) in [7, 11) is 0. The van der Waals surface area contributed by atoms with Crippen LogP contribution in [0.3, 0.4) is 0 Å². The Morgan fingerprint density at radius 2 is 1.85 bits per heavy atom. The minimum atomic E-state index is 0.0731. The maximum atomic E-state index is 12.8. The summed E-state index contributed by atoms with van der Waals surface area (Å²) in [5, 5.41) is 6.83. The van der Waals surface area contributed by atoms with E-state index < -0.39 is 0 Å². The molecule has 1 aliphatic heterocycles. The Balaban J connectivity index is 1.60. The zero-order chi connectivity index (χ0) is 18.4. The first-order valence-corrected chi connectivity index (χ1v) is 9.73. The Kier molecular flexibility index (Phi) is 3.72. The fraction of sp³-hybridized carbons (Fsp3) is 0.143. The maximum Gasteiger partial charge on any atom is 0.264 e. The van der Waals surface area contributed by atoms with Gasteiger partial charge in [-0.3, -0.25) is 4.79 Å². The van der Waals surface area contributed by atoms with E-state index in [1.54, 1.807) is 0 Å². The van der Waals surface area contributed by atoms with E-state index in [4.69, 9.17) is 5.10 Å². The van der Waals surface area contributed by atoms with Crippen LogP contribution in [-0.2, 0) is 13.1 Å². The number of nitrogens with zero attached hydrogens (tertiary/aromatic N) is 4. The summed E-state index contributed by atoms with van der Waals surface area (Å²) in [6.07, 6.45) is 4.05. The monoisotopic (exact) mass is 374 g/mol. The van der Waals surface area contributed by atoms with Gasteiger partial charge < -0.3 is 9.47 Å². The molecule has 4 heterocycles. The van der Waals surface area contributed by atoms with Crippen molar-refractivity contribution in [2.75, 3.05) is 0 Å². The second kappa shape index (κ2) is 6.25. The molecule has 4 aromatic rings. The molecule has 0 unspecified atom stereocenters. The van der Waals surface area contributed by atoms with Crippen LogP contribution in [0.4, 0.5) is 0 Å². The van der Waals surface area contributed by atoms with Gasteiger partial charge in [-0.05, 0) is 42.1 Å². The third kappa shape index (κ3) is 2.61. The van der Waals surface area contributed by atoms with E-state index in [1.165, 1.54) is 16.9 Å². The topological polar surface area (TPSA) is 43.1 Å². The van der Waals surface area contributed by atoms with E-state index in [0.29, 0.717) is 13.1 Å². The van der Waals surface area contributed by atoms with Crippen molar-refractivity contribution in [1.29, 1.82) is 0 Å². The molecule has 5 rings (SSSR count). The summed E-state index contributed by atoms with van der Waals surface area (Å²) < 4.78 is 4.09. The first kappa shape index (κ1) is 16.1. The SMILES string of the molecule is Cc1ccccc1-n1nc2c(c1-n1cccc1)CN(C(=O)c1cccs1)C2. The molecular weight excluding hydrogens is 356 g/mol. The van der Waals surface area contributed by atoms with Crippen LogP contribution in [0.1, 0.15) is 26.5 Å². The molecule has 0 spiro atoms. The summed E-state index contributed by atoms with van der Waals surface area (Å²) in [4.78, 5) is 15.4. The van der Waals surface area contributed by atoms with Gasteiger partial charge in [-0.1, -0.05) is 24.3 Å². The van der Waals surface area contributed by atoms with E-state index in [0.717, 1.165) is 27.6 Å². The molecule has 6 heteroatoms. The molecule has 0 atom stereocenters. The number of hydrogen-bond acceptors (Lipinski definition) is 3. The molecule has 0 saturated heterocycles. The molecule has 0 fully saturated rings. The van der Waals surface area contributed by atoms with Gasteiger partial charge in [0.1, 0.15) is 5.82 Å². The zero-order valence-electron chi connectivity index (χ0n) is 14.9. The minimum absolute atomic E-state index is 0.0731. The fourth-order valence-corrected chi connectivity index (χ4v) is 4.30. The van der Waals surface area contributed by atoms with E-state index in [2.05, 4.69) is 23.6 Å². The van der Waals surface area contributed by atoms with Crippen molar-refractivity contribution in [2.24, 2.45) is 0 Å². The molecule has 0 bridgehead atoms. The van der Waals surface area contributed by atoms with Crippen LogP contribution in [0.15, 0.2) is 66.3 Å². The number of amides is 1. The van der Waals surface area contributed by atoms with Crippen LogP contribution >= 0.6 is 11.3 Å². The summed E-state index contributed by atoms with van der Waals surface area (Å²) in [5.41, 5.74) is 4.30. The number of para-hydroxylation sites is 1. The van der Waals surface area contributed by atoms with E-state index in [-0.39, 0.29) is 5.91 Å². The average Bonchev–Trinajstić information content (AvgIpc) is 3.43. The molecule has 1 aliphatic rings. The summed E-state index contributed by atoms with van der Waals surface area (Å²) in [6, 6.07) is 16.0. The molecule has 134 valence electrons. The number of benzene rings is 1. The van der Waals surface area contributed by atoms with Crippen molar-refractivity contribution in [2.45, 2.75) is 20.0 Å². The van der Waals surface area contributed by atoms with E-state index >= 15 is 0 Å². The van der Waals surface area contributed by atoms with Gasteiger partial charge in [0.2, 0.25) is 0 Å². The first-order chi connectivity index (χ1) is 13.2. The zero-order valence-corrected chi connectivity index (χ0v) is 15.7. The standard InChI is InChI=1S/C21H18N4OS/c1-15-7-2-3-8-18(15)25-20(23-10-4-5-11-23)16-13-24(14-17(16)22-25)21(26)19-9-6-12-27-19/h2-12H,13-14H2,1H3. The van der Waals surface area contributed by atoms with Crippen molar-refractivity contribution >= 4 is 17.2 Å². The van der Waals surface area contributed by atoms with Gasteiger partial charge in [-0.15, -0.1) is 11.3 Å².